The van der Waals surface area contributed by atoms with E-state index in [0.29, 0.717) is 5.39 Å². The van der Waals surface area contributed by atoms with Gasteiger partial charge in [-0.15, -0.1) is 0 Å². The number of carbonyl (C=O) groups is 2. The quantitative estimate of drug-likeness (QED) is 0.401. The van der Waals surface area contributed by atoms with Gasteiger partial charge in [0, 0.05) is 48.9 Å². The summed E-state index contributed by atoms with van der Waals surface area (Å²) < 4.78 is 69.8. The van der Waals surface area contributed by atoms with E-state index >= 15 is 0 Å². The highest BCUT2D eigenvalue weighted by Crippen LogP contribution is 2.25. The predicted octanol–water partition coefficient (Wildman–Crippen LogP) is 4.05. The molecule has 8 nitrogen and oxygen atoms in total. The van der Waals surface area contributed by atoms with Crippen molar-refractivity contribution in [3.63, 3.8) is 0 Å². The van der Waals surface area contributed by atoms with E-state index in [0.717, 1.165) is 18.2 Å². The molecule has 1 saturated heterocycles. The van der Waals surface area contributed by atoms with E-state index in [9.17, 15) is 31.2 Å². The van der Waals surface area contributed by atoms with Crippen LogP contribution in [0.4, 0.5) is 18.9 Å². The first-order valence-electron chi connectivity index (χ1n) is 11.8. The molecule has 3 aromatic carbocycles. The van der Waals surface area contributed by atoms with Gasteiger partial charge in [-0.25, -0.2) is 21.6 Å². The molecule has 0 aliphatic carbocycles. The van der Waals surface area contributed by atoms with Crippen molar-refractivity contribution in [2.75, 3.05) is 30.9 Å². The minimum absolute atomic E-state index is 0.00246. The fraction of sp³-hybridized carbons (Fsp3) is 0.148. The van der Waals surface area contributed by atoms with Gasteiger partial charge in [0.05, 0.1) is 11.2 Å². The molecule has 0 radical (unpaired) electrons. The van der Waals surface area contributed by atoms with Crippen LogP contribution in [0.1, 0.15) is 20.7 Å². The number of piperazine rings is 1. The van der Waals surface area contributed by atoms with Crippen molar-refractivity contribution in [1.82, 2.24) is 14.8 Å². The van der Waals surface area contributed by atoms with Crippen LogP contribution in [0, 0.1) is 17.5 Å². The van der Waals surface area contributed by atoms with Gasteiger partial charge >= 0.3 is 0 Å². The number of sulfonamides is 1. The summed E-state index contributed by atoms with van der Waals surface area (Å²) in [5.74, 6) is -4.12. The molecule has 1 fully saturated rings. The highest BCUT2D eigenvalue weighted by Gasteiger charge is 2.27. The van der Waals surface area contributed by atoms with Gasteiger partial charge in [0.25, 0.3) is 21.8 Å². The molecule has 0 unspecified atom stereocenters. The van der Waals surface area contributed by atoms with Gasteiger partial charge in [-0.3, -0.25) is 19.3 Å². The molecule has 1 N–H and O–H groups in total. The lowest BCUT2D eigenvalue weighted by molar-refractivity contribution is 0.0535. The van der Waals surface area contributed by atoms with E-state index in [1.807, 2.05) is 0 Å². The number of nitrogens with one attached hydrogen (secondary N) is 1. The molecule has 200 valence electrons. The van der Waals surface area contributed by atoms with Gasteiger partial charge < -0.3 is 9.80 Å². The van der Waals surface area contributed by atoms with Crippen LogP contribution in [-0.2, 0) is 10.0 Å². The molecule has 1 aliphatic rings. The van der Waals surface area contributed by atoms with E-state index < -0.39 is 39.3 Å². The molecule has 0 atom stereocenters. The number of amides is 2. The molecule has 0 bridgehead atoms. The Bertz CT molecular complexity index is 1700. The molecule has 2 amide bonds. The summed E-state index contributed by atoms with van der Waals surface area (Å²) in [6.45, 7) is 0.558. The van der Waals surface area contributed by atoms with Crippen LogP contribution in [0.2, 0.25) is 0 Å². The fourth-order valence-corrected chi connectivity index (χ4v) is 5.58. The molecule has 12 heteroatoms. The zero-order chi connectivity index (χ0) is 27.7. The molecule has 1 aromatic heterocycles. The minimum Gasteiger partial charge on any atom is -0.335 e. The van der Waals surface area contributed by atoms with Crippen LogP contribution < -0.4 is 4.72 Å². The number of hydrogen-bond acceptors (Lipinski definition) is 5. The zero-order valence-corrected chi connectivity index (χ0v) is 21.1. The molecule has 0 saturated carbocycles. The Labute approximate surface area is 221 Å². The number of carbonyl (C=O) groups excluding carboxylic acids is 2. The van der Waals surface area contributed by atoms with Crippen LogP contribution >= 0.6 is 0 Å². The normalized spacial score (nSPS) is 13.9. The van der Waals surface area contributed by atoms with Crippen LogP contribution in [0.25, 0.3) is 10.9 Å². The predicted molar refractivity (Wildman–Crippen MR) is 137 cm³/mol. The number of rotatable bonds is 5. The molecule has 39 heavy (non-hydrogen) atoms. The second-order valence-corrected chi connectivity index (χ2v) is 10.5. The van der Waals surface area contributed by atoms with Gasteiger partial charge in [0.1, 0.15) is 10.7 Å². The highest BCUT2D eigenvalue weighted by molar-refractivity contribution is 7.93. The summed E-state index contributed by atoms with van der Waals surface area (Å²) in [6.07, 6.45) is 1.46. The summed E-state index contributed by atoms with van der Waals surface area (Å²) >= 11 is 0. The third-order valence-electron chi connectivity index (χ3n) is 6.37. The SMILES string of the molecule is O=C(c1ccc(F)c(F)c1)N1CCN(C(=O)c2ccc(NS(=O)(=O)c3cccc4cccnc34)c(F)c2)CC1. The van der Waals surface area contributed by atoms with Gasteiger partial charge in [-0.2, -0.15) is 0 Å². The Morgan fingerprint density at radius 2 is 1.33 bits per heavy atom. The van der Waals surface area contributed by atoms with E-state index in [-0.39, 0.29) is 53.4 Å². The maximum Gasteiger partial charge on any atom is 0.264 e. The number of aromatic nitrogens is 1. The van der Waals surface area contributed by atoms with Crippen molar-refractivity contribution in [3.8, 4) is 0 Å². The number of anilines is 1. The lowest BCUT2D eigenvalue weighted by Gasteiger charge is -2.35. The average molecular weight is 555 g/mol. The lowest BCUT2D eigenvalue weighted by Crippen LogP contribution is -2.50. The maximum absolute atomic E-state index is 14.9. The highest BCUT2D eigenvalue weighted by atomic mass is 32.2. The summed E-state index contributed by atoms with van der Waals surface area (Å²) in [6, 6.07) is 14.3. The van der Waals surface area contributed by atoms with Crippen molar-refractivity contribution in [3.05, 3.63) is 102 Å². The average Bonchev–Trinajstić information content (AvgIpc) is 2.94. The summed E-state index contributed by atoms with van der Waals surface area (Å²) in [4.78, 5) is 32.4. The summed E-state index contributed by atoms with van der Waals surface area (Å²) in [5, 5.41) is 0.605. The van der Waals surface area contributed by atoms with Gasteiger partial charge in [0.2, 0.25) is 0 Å². The smallest absolute Gasteiger partial charge is 0.264 e. The van der Waals surface area contributed by atoms with Gasteiger partial charge in [-0.05, 0) is 48.5 Å². The molecule has 2 heterocycles. The number of para-hydroxylation sites is 1. The summed E-state index contributed by atoms with van der Waals surface area (Å²) in [7, 11) is -4.19. The fourth-order valence-electron chi connectivity index (χ4n) is 4.33. The summed E-state index contributed by atoms with van der Waals surface area (Å²) in [5.41, 5.74) is -0.0981. The van der Waals surface area contributed by atoms with Crippen molar-refractivity contribution < 1.29 is 31.2 Å². The third-order valence-corrected chi connectivity index (χ3v) is 7.76. The molecular formula is C27H21F3N4O4S. The van der Waals surface area contributed by atoms with Crippen LogP contribution in [-0.4, -0.2) is 61.2 Å². The van der Waals surface area contributed by atoms with E-state index in [1.165, 1.54) is 40.3 Å². The number of pyridine rings is 1. The maximum atomic E-state index is 14.9. The van der Waals surface area contributed by atoms with Crippen LogP contribution in [0.15, 0.2) is 77.8 Å². The second kappa shape index (κ2) is 10.4. The molecule has 1 aliphatic heterocycles. The number of benzene rings is 3. The standard InChI is InChI=1S/C27H21F3N4O4S/c28-20-8-6-18(15-21(20)29)26(35)33-11-13-34(14-12-33)27(36)19-7-9-23(22(30)16-19)32-39(37,38)24-5-1-3-17-4-2-10-31-25(17)24/h1-10,15-16,32H,11-14H2. The van der Waals surface area contributed by atoms with Gasteiger partial charge in [-0.1, -0.05) is 18.2 Å². The van der Waals surface area contributed by atoms with Crippen LogP contribution in [0.5, 0.6) is 0 Å². The number of hydrogen-bond donors (Lipinski definition) is 1. The number of fused-ring (bicyclic) bond motifs is 1. The molecule has 4 aromatic rings. The Balaban J connectivity index is 1.26. The van der Waals surface area contributed by atoms with E-state index in [2.05, 4.69) is 9.71 Å². The largest absolute Gasteiger partial charge is 0.335 e. The lowest BCUT2D eigenvalue weighted by atomic mass is 10.1. The Morgan fingerprint density at radius 1 is 0.744 bits per heavy atom. The minimum atomic E-state index is -4.19. The Kier molecular flexibility index (Phi) is 6.96. The zero-order valence-electron chi connectivity index (χ0n) is 20.3. The Morgan fingerprint density at radius 3 is 1.95 bits per heavy atom. The van der Waals surface area contributed by atoms with Crippen LogP contribution in [0.3, 0.4) is 0 Å². The molecule has 0 spiro atoms. The van der Waals surface area contributed by atoms with E-state index in [1.54, 1.807) is 24.3 Å². The number of halogens is 3. The topological polar surface area (TPSA) is 99.7 Å². The van der Waals surface area contributed by atoms with Gasteiger partial charge in [0.15, 0.2) is 11.6 Å². The first-order valence-corrected chi connectivity index (χ1v) is 13.3. The third kappa shape index (κ3) is 5.28. The van der Waals surface area contributed by atoms with Crippen molar-refractivity contribution in [1.29, 1.82) is 0 Å². The molecular weight excluding hydrogens is 533 g/mol. The number of nitrogens with zero attached hydrogens (tertiary/aromatic N) is 3. The first kappa shape index (κ1) is 26.2. The monoisotopic (exact) mass is 554 g/mol. The molecule has 5 rings (SSSR count). The van der Waals surface area contributed by atoms with Crippen molar-refractivity contribution >= 4 is 38.4 Å². The second-order valence-electron chi connectivity index (χ2n) is 8.84. The Hall–Kier alpha value is -4.45. The first-order chi connectivity index (χ1) is 18.6. The van der Waals surface area contributed by atoms with Crippen molar-refractivity contribution in [2.45, 2.75) is 4.90 Å². The van der Waals surface area contributed by atoms with Crippen molar-refractivity contribution in [2.24, 2.45) is 0 Å². The van der Waals surface area contributed by atoms with E-state index in [4.69, 9.17) is 0 Å².